The second-order valence-corrected chi connectivity index (χ2v) is 5.48. The summed E-state index contributed by atoms with van der Waals surface area (Å²) in [7, 11) is 0. The SMILES string of the molecule is C[C@@H](C/C=C/c1cnc(N)cn1)NC(=O)c1nc2ccccc2[nH]1. The lowest BCUT2D eigenvalue weighted by molar-refractivity contribution is 0.0931. The lowest BCUT2D eigenvalue weighted by atomic mass is 10.2. The van der Waals surface area contributed by atoms with Gasteiger partial charge in [-0.05, 0) is 31.6 Å². The van der Waals surface area contributed by atoms with E-state index in [4.69, 9.17) is 5.73 Å². The molecule has 122 valence electrons. The highest BCUT2D eigenvalue weighted by Gasteiger charge is 2.13. The molecule has 4 N–H and O–H groups in total. The molecule has 0 aliphatic rings. The number of carbonyl (C=O) groups excluding carboxylic acids is 1. The molecule has 3 aromatic rings. The van der Waals surface area contributed by atoms with Gasteiger partial charge in [0.05, 0.1) is 29.1 Å². The minimum atomic E-state index is -0.223. The van der Waals surface area contributed by atoms with Gasteiger partial charge in [0.2, 0.25) is 0 Å². The number of carbonyl (C=O) groups is 1. The van der Waals surface area contributed by atoms with Crippen molar-refractivity contribution in [2.75, 3.05) is 5.73 Å². The van der Waals surface area contributed by atoms with Crippen molar-refractivity contribution in [3.05, 3.63) is 54.3 Å². The quantitative estimate of drug-likeness (QED) is 0.667. The Morgan fingerprint density at radius 1 is 1.33 bits per heavy atom. The second kappa shape index (κ2) is 6.91. The van der Waals surface area contributed by atoms with Gasteiger partial charge in [0, 0.05) is 6.04 Å². The van der Waals surface area contributed by atoms with Crippen molar-refractivity contribution >= 4 is 28.8 Å². The van der Waals surface area contributed by atoms with Gasteiger partial charge in [-0.3, -0.25) is 9.78 Å². The zero-order valence-electron chi connectivity index (χ0n) is 13.2. The number of nitrogens with zero attached hydrogens (tertiary/aromatic N) is 3. The molecule has 1 amide bonds. The molecule has 1 aromatic carbocycles. The molecule has 0 aliphatic heterocycles. The summed E-state index contributed by atoms with van der Waals surface area (Å²) in [6.45, 7) is 1.93. The maximum absolute atomic E-state index is 12.2. The summed E-state index contributed by atoms with van der Waals surface area (Å²) < 4.78 is 0. The second-order valence-electron chi connectivity index (χ2n) is 5.48. The van der Waals surface area contributed by atoms with Crippen LogP contribution in [0.15, 0.2) is 42.7 Å². The van der Waals surface area contributed by atoms with Crippen LogP contribution < -0.4 is 11.1 Å². The number of nitrogen functional groups attached to an aromatic ring is 1. The highest BCUT2D eigenvalue weighted by atomic mass is 16.2. The molecule has 2 aromatic heterocycles. The van der Waals surface area contributed by atoms with Crippen molar-refractivity contribution in [1.29, 1.82) is 0 Å². The molecule has 0 spiro atoms. The van der Waals surface area contributed by atoms with Gasteiger partial charge in [0.1, 0.15) is 5.82 Å². The fraction of sp³-hybridized carbons (Fsp3) is 0.176. The largest absolute Gasteiger partial charge is 0.382 e. The smallest absolute Gasteiger partial charge is 0.287 e. The van der Waals surface area contributed by atoms with E-state index in [0.717, 1.165) is 16.7 Å². The highest BCUT2D eigenvalue weighted by Crippen LogP contribution is 2.10. The standard InChI is InChI=1S/C17H18N6O/c1-11(5-4-6-12-9-20-15(18)10-19-12)21-17(24)16-22-13-7-2-3-8-14(13)23-16/h2-4,6-11H,5H2,1H3,(H2,18,20)(H,21,24)(H,22,23)/b6-4+/t11-/m0/s1. The number of nitrogens with two attached hydrogens (primary N) is 1. The van der Waals surface area contributed by atoms with E-state index in [2.05, 4.69) is 25.3 Å². The monoisotopic (exact) mass is 322 g/mol. The van der Waals surface area contributed by atoms with Crippen LogP contribution in [-0.4, -0.2) is 31.9 Å². The summed E-state index contributed by atoms with van der Waals surface area (Å²) in [5, 5.41) is 2.91. The fourth-order valence-corrected chi connectivity index (χ4v) is 2.24. The summed E-state index contributed by atoms with van der Waals surface area (Å²) in [6.07, 6.45) is 7.55. The molecule has 2 heterocycles. The summed E-state index contributed by atoms with van der Waals surface area (Å²) in [5.74, 6) is 0.481. The number of aromatic nitrogens is 4. The molecule has 0 saturated carbocycles. The van der Waals surface area contributed by atoms with Gasteiger partial charge in [-0.25, -0.2) is 9.97 Å². The van der Waals surface area contributed by atoms with Crippen LogP contribution in [0.4, 0.5) is 5.82 Å². The van der Waals surface area contributed by atoms with Crippen LogP contribution in [0, 0.1) is 0 Å². The van der Waals surface area contributed by atoms with Gasteiger partial charge >= 0.3 is 0 Å². The number of anilines is 1. The molecule has 0 fully saturated rings. The van der Waals surface area contributed by atoms with E-state index in [-0.39, 0.29) is 11.9 Å². The van der Waals surface area contributed by atoms with Gasteiger partial charge in [0.25, 0.3) is 5.91 Å². The van der Waals surface area contributed by atoms with Crippen LogP contribution in [0.25, 0.3) is 17.1 Å². The lowest BCUT2D eigenvalue weighted by Gasteiger charge is -2.10. The minimum Gasteiger partial charge on any atom is -0.382 e. The van der Waals surface area contributed by atoms with Gasteiger partial charge in [-0.15, -0.1) is 0 Å². The average Bonchev–Trinajstić information content (AvgIpc) is 3.01. The molecule has 0 bridgehead atoms. The number of para-hydroxylation sites is 2. The zero-order valence-corrected chi connectivity index (χ0v) is 13.2. The maximum Gasteiger partial charge on any atom is 0.287 e. The summed E-state index contributed by atoms with van der Waals surface area (Å²) in [5.41, 5.74) is 7.83. The number of hydrogen-bond acceptors (Lipinski definition) is 5. The minimum absolute atomic E-state index is 0.0382. The van der Waals surface area contributed by atoms with Crippen LogP contribution in [0.2, 0.25) is 0 Å². The van der Waals surface area contributed by atoms with E-state index in [1.807, 2.05) is 43.3 Å². The number of amides is 1. The Balaban J connectivity index is 1.56. The molecule has 3 rings (SSSR count). The molecule has 0 unspecified atom stereocenters. The number of nitrogens with one attached hydrogen (secondary N) is 2. The fourth-order valence-electron chi connectivity index (χ4n) is 2.24. The Hall–Kier alpha value is -3.22. The molecule has 1 atom stereocenters. The molecule has 0 radical (unpaired) electrons. The van der Waals surface area contributed by atoms with Crippen LogP contribution in [0.3, 0.4) is 0 Å². The normalized spacial score (nSPS) is 12.5. The number of rotatable bonds is 5. The predicted octanol–water partition coefficient (Wildman–Crippen LogP) is 2.16. The van der Waals surface area contributed by atoms with Crippen molar-refractivity contribution in [2.24, 2.45) is 0 Å². The number of H-pyrrole nitrogens is 1. The van der Waals surface area contributed by atoms with Crippen molar-refractivity contribution < 1.29 is 4.79 Å². The number of hydrogen-bond donors (Lipinski definition) is 3. The van der Waals surface area contributed by atoms with Crippen LogP contribution in [0.5, 0.6) is 0 Å². The van der Waals surface area contributed by atoms with Crippen LogP contribution >= 0.6 is 0 Å². The highest BCUT2D eigenvalue weighted by molar-refractivity contribution is 5.94. The van der Waals surface area contributed by atoms with Gasteiger partial charge in [-0.1, -0.05) is 18.2 Å². The first-order valence-corrected chi connectivity index (χ1v) is 7.61. The van der Waals surface area contributed by atoms with E-state index in [1.165, 1.54) is 6.20 Å². The van der Waals surface area contributed by atoms with Crippen molar-refractivity contribution in [2.45, 2.75) is 19.4 Å². The average molecular weight is 322 g/mol. The summed E-state index contributed by atoms with van der Waals surface area (Å²) in [4.78, 5) is 27.6. The van der Waals surface area contributed by atoms with E-state index in [0.29, 0.717) is 18.1 Å². The van der Waals surface area contributed by atoms with Gasteiger partial charge in [-0.2, -0.15) is 0 Å². The first-order valence-electron chi connectivity index (χ1n) is 7.61. The first-order chi connectivity index (χ1) is 11.6. The Morgan fingerprint density at radius 2 is 2.17 bits per heavy atom. The molecular weight excluding hydrogens is 304 g/mol. The first kappa shape index (κ1) is 15.7. The van der Waals surface area contributed by atoms with Crippen molar-refractivity contribution in [3.63, 3.8) is 0 Å². The van der Waals surface area contributed by atoms with Crippen molar-refractivity contribution in [1.82, 2.24) is 25.3 Å². The van der Waals surface area contributed by atoms with E-state index >= 15 is 0 Å². The molecule has 24 heavy (non-hydrogen) atoms. The molecule has 0 saturated heterocycles. The Bertz CT molecular complexity index is 835. The third-order valence-corrected chi connectivity index (χ3v) is 3.45. The third kappa shape index (κ3) is 3.75. The summed E-state index contributed by atoms with van der Waals surface area (Å²) >= 11 is 0. The third-order valence-electron chi connectivity index (χ3n) is 3.45. The van der Waals surface area contributed by atoms with E-state index < -0.39 is 0 Å². The molecule has 0 aliphatic carbocycles. The Labute approximate surface area is 139 Å². The van der Waals surface area contributed by atoms with Crippen LogP contribution in [0.1, 0.15) is 29.7 Å². The zero-order chi connectivity index (χ0) is 16.9. The number of aromatic amines is 1. The number of benzene rings is 1. The Morgan fingerprint density at radius 3 is 2.92 bits per heavy atom. The molecule has 7 heteroatoms. The van der Waals surface area contributed by atoms with Gasteiger partial charge < -0.3 is 16.0 Å². The van der Waals surface area contributed by atoms with Gasteiger partial charge in [0.15, 0.2) is 5.82 Å². The summed E-state index contributed by atoms with van der Waals surface area (Å²) in [6, 6.07) is 7.50. The Kier molecular flexibility index (Phi) is 4.51. The molecule has 7 nitrogen and oxygen atoms in total. The lowest BCUT2D eigenvalue weighted by Crippen LogP contribution is -2.32. The number of imidazole rings is 1. The number of fused-ring (bicyclic) bond motifs is 1. The van der Waals surface area contributed by atoms with Crippen LogP contribution in [-0.2, 0) is 0 Å². The topological polar surface area (TPSA) is 110 Å². The maximum atomic E-state index is 12.2. The molecular formula is C17H18N6O. The van der Waals surface area contributed by atoms with Crippen molar-refractivity contribution in [3.8, 4) is 0 Å². The predicted molar refractivity (Wildman–Crippen MR) is 93.1 cm³/mol. The van der Waals surface area contributed by atoms with E-state index in [1.54, 1.807) is 6.20 Å². The van der Waals surface area contributed by atoms with E-state index in [9.17, 15) is 4.79 Å².